The Morgan fingerprint density at radius 1 is 1.48 bits per heavy atom. The zero-order valence-electron chi connectivity index (χ0n) is 12.2. The van der Waals surface area contributed by atoms with Crippen molar-refractivity contribution in [3.8, 4) is 6.07 Å². The Balaban J connectivity index is 2.05. The van der Waals surface area contributed by atoms with Crippen LogP contribution < -0.4 is 10.9 Å². The van der Waals surface area contributed by atoms with Gasteiger partial charge in [0.2, 0.25) is 5.91 Å². The fourth-order valence-corrected chi connectivity index (χ4v) is 2.68. The number of nitriles is 1. The van der Waals surface area contributed by atoms with Crippen LogP contribution in [0.4, 0.5) is 5.69 Å². The average molecular weight is 349 g/mol. The maximum atomic E-state index is 11.9. The number of rotatable bonds is 5. The smallest absolute Gasteiger partial charge is 0.269 e. The Bertz CT molecular complexity index is 829. The Labute approximate surface area is 141 Å². The van der Waals surface area contributed by atoms with Gasteiger partial charge >= 0.3 is 0 Å². The molecule has 0 radical (unpaired) electrons. The summed E-state index contributed by atoms with van der Waals surface area (Å²) in [5.74, 6) is -0.211. The minimum absolute atomic E-state index is 0.0115. The zero-order valence-corrected chi connectivity index (χ0v) is 13.8. The molecule has 0 aliphatic carbocycles. The van der Waals surface area contributed by atoms with Crippen molar-refractivity contribution in [2.75, 3.05) is 11.1 Å². The number of anilines is 1. The molecule has 118 valence electrons. The largest absolute Gasteiger partial charge is 0.324 e. The van der Waals surface area contributed by atoms with E-state index in [-0.39, 0.29) is 17.2 Å². The summed E-state index contributed by atoms with van der Waals surface area (Å²) < 4.78 is 0. The van der Waals surface area contributed by atoms with E-state index >= 15 is 0 Å². The van der Waals surface area contributed by atoms with Gasteiger partial charge in [-0.1, -0.05) is 42.4 Å². The number of aryl methyl sites for hydroxylation is 1. The van der Waals surface area contributed by atoms with Crippen LogP contribution in [0.25, 0.3) is 0 Å². The molecular formula is C15H13ClN4O2S. The second-order valence-corrected chi connectivity index (χ2v) is 5.85. The molecule has 6 nitrogen and oxygen atoms in total. The van der Waals surface area contributed by atoms with Crippen LogP contribution in [-0.4, -0.2) is 21.6 Å². The van der Waals surface area contributed by atoms with Gasteiger partial charge in [0, 0.05) is 0 Å². The minimum atomic E-state index is -0.492. The van der Waals surface area contributed by atoms with E-state index in [1.54, 1.807) is 31.2 Å². The number of nitrogens with one attached hydrogen (secondary N) is 2. The van der Waals surface area contributed by atoms with Gasteiger partial charge in [0.05, 0.1) is 22.2 Å². The number of carbonyl (C=O) groups excluding carboxylic acids is 1. The van der Waals surface area contributed by atoms with Crippen LogP contribution in [0.15, 0.2) is 34.2 Å². The van der Waals surface area contributed by atoms with Crippen LogP contribution in [-0.2, 0) is 11.2 Å². The van der Waals surface area contributed by atoms with Crippen molar-refractivity contribution >= 4 is 35.0 Å². The van der Waals surface area contributed by atoms with Gasteiger partial charge in [-0.15, -0.1) is 0 Å². The first-order chi connectivity index (χ1) is 11.0. The van der Waals surface area contributed by atoms with E-state index in [0.29, 0.717) is 28.0 Å². The summed E-state index contributed by atoms with van der Waals surface area (Å²) in [4.78, 5) is 30.4. The molecule has 0 fully saturated rings. The van der Waals surface area contributed by atoms with Crippen molar-refractivity contribution in [2.24, 2.45) is 0 Å². The van der Waals surface area contributed by atoms with E-state index in [1.807, 2.05) is 6.07 Å². The molecule has 1 heterocycles. The lowest BCUT2D eigenvalue weighted by atomic mass is 10.2. The first-order valence-electron chi connectivity index (χ1n) is 6.75. The van der Waals surface area contributed by atoms with Crippen molar-refractivity contribution in [3.05, 3.63) is 50.9 Å². The molecular weight excluding hydrogens is 336 g/mol. The monoisotopic (exact) mass is 348 g/mol. The highest BCUT2D eigenvalue weighted by atomic mass is 35.5. The Kier molecular flexibility index (Phi) is 5.79. The SMILES string of the molecule is CCc1nc(SCC(=O)Nc2ccccc2Cl)[nH]c(=O)c1C#N. The summed E-state index contributed by atoms with van der Waals surface area (Å²) in [7, 11) is 0. The molecule has 8 heteroatoms. The Hall–Kier alpha value is -2.30. The highest BCUT2D eigenvalue weighted by molar-refractivity contribution is 7.99. The molecule has 23 heavy (non-hydrogen) atoms. The van der Waals surface area contributed by atoms with E-state index in [0.717, 1.165) is 11.8 Å². The molecule has 0 unspecified atom stereocenters. The van der Waals surface area contributed by atoms with Crippen molar-refractivity contribution in [3.63, 3.8) is 0 Å². The number of aromatic amines is 1. The topological polar surface area (TPSA) is 98.6 Å². The summed E-state index contributed by atoms with van der Waals surface area (Å²) >= 11 is 7.05. The van der Waals surface area contributed by atoms with E-state index in [1.165, 1.54) is 0 Å². The molecule has 2 aromatic rings. The van der Waals surface area contributed by atoms with E-state index < -0.39 is 5.56 Å². The summed E-state index contributed by atoms with van der Waals surface area (Å²) in [6, 6.07) is 8.74. The van der Waals surface area contributed by atoms with Gasteiger partial charge in [-0.2, -0.15) is 5.26 Å². The molecule has 0 saturated heterocycles. The number of H-pyrrole nitrogens is 1. The number of hydrogen-bond acceptors (Lipinski definition) is 5. The number of amides is 1. The minimum Gasteiger partial charge on any atom is -0.324 e. The molecule has 0 spiro atoms. The van der Waals surface area contributed by atoms with Crippen molar-refractivity contribution in [2.45, 2.75) is 18.5 Å². The second kappa shape index (κ2) is 7.81. The normalized spacial score (nSPS) is 10.1. The molecule has 0 aliphatic heterocycles. The summed E-state index contributed by atoms with van der Waals surface area (Å²) in [6.07, 6.45) is 0.464. The molecule has 2 rings (SSSR count). The zero-order chi connectivity index (χ0) is 16.8. The molecule has 2 N–H and O–H groups in total. The number of nitrogens with zero attached hydrogens (tertiary/aromatic N) is 2. The maximum Gasteiger partial charge on any atom is 0.269 e. The van der Waals surface area contributed by atoms with Gasteiger partial charge in [-0.05, 0) is 18.6 Å². The van der Waals surface area contributed by atoms with E-state index in [9.17, 15) is 9.59 Å². The molecule has 0 atom stereocenters. The van der Waals surface area contributed by atoms with Gasteiger partial charge in [-0.25, -0.2) is 4.98 Å². The third kappa shape index (κ3) is 4.34. The summed E-state index contributed by atoms with van der Waals surface area (Å²) in [5, 5.41) is 12.4. The molecule has 0 bridgehead atoms. The van der Waals surface area contributed by atoms with Crippen molar-refractivity contribution in [1.82, 2.24) is 9.97 Å². The number of para-hydroxylation sites is 1. The average Bonchev–Trinajstić information content (AvgIpc) is 2.54. The van der Waals surface area contributed by atoms with Crippen LogP contribution in [0.1, 0.15) is 18.2 Å². The van der Waals surface area contributed by atoms with Crippen LogP contribution in [0.3, 0.4) is 0 Å². The van der Waals surface area contributed by atoms with Crippen molar-refractivity contribution < 1.29 is 4.79 Å². The van der Waals surface area contributed by atoms with Crippen LogP contribution in [0, 0.1) is 11.3 Å². The predicted molar refractivity (Wildman–Crippen MR) is 89.8 cm³/mol. The lowest BCUT2D eigenvalue weighted by molar-refractivity contribution is -0.113. The van der Waals surface area contributed by atoms with Gasteiger partial charge < -0.3 is 10.3 Å². The molecule has 1 aromatic heterocycles. The highest BCUT2D eigenvalue weighted by Crippen LogP contribution is 2.21. The summed E-state index contributed by atoms with van der Waals surface area (Å²) in [6.45, 7) is 1.81. The third-order valence-corrected chi connectivity index (χ3v) is 4.11. The quantitative estimate of drug-likeness (QED) is 0.639. The lowest BCUT2D eigenvalue weighted by Gasteiger charge is -2.07. The second-order valence-electron chi connectivity index (χ2n) is 4.47. The fourth-order valence-electron chi connectivity index (χ4n) is 1.82. The third-order valence-electron chi connectivity index (χ3n) is 2.91. The number of hydrogen-bond donors (Lipinski definition) is 2. The van der Waals surface area contributed by atoms with Crippen LogP contribution in [0.2, 0.25) is 5.02 Å². The molecule has 0 saturated carbocycles. The first-order valence-corrected chi connectivity index (χ1v) is 8.12. The number of benzene rings is 1. The number of thioether (sulfide) groups is 1. The lowest BCUT2D eigenvalue weighted by Crippen LogP contribution is -2.18. The Morgan fingerprint density at radius 2 is 2.22 bits per heavy atom. The first kappa shape index (κ1) is 17.1. The standard InChI is InChI=1S/C15H13ClN4O2S/c1-2-11-9(7-17)14(22)20-15(19-11)23-8-13(21)18-12-6-4-3-5-10(12)16/h3-6H,2,8H2,1H3,(H,18,21)(H,19,20,22). The van der Waals surface area contributed by atoms with Gasteiger partial charge in [0.1, 0.15) is 11.6 Å². The highest BCUT2D eigenvalue weighted by Gasteiger charge is 2.12. The molecule has 0 aliphatic rings. The van der Waals surface area contributed by atoms with Crippen LogP contribution in [0.5, 0.6) is 0 Å². The number of carbonyl (C=O) groups is 1. The van der Waals surface area contributed by atoms with Gasteiger partial charge in [-0.3, -0.25) is 9.59 Å². The van der Waals surface area contributed by atoms with Gasteiger partial charge in [0.15, 0.2) is 5.16 Å². The molecule has 1 aromatic carbocycles. The molecule has 1 amide bonds. The fraction of sp³-hybridized carbons (Fsp3) is 0.200. The number of aromatic nitrogens is 2. The van der Waals surface area contributed by atoms with E-state index in [2.05, 4.69) is 15.3 Å². The predicted octanol–water partition coefficient (Wildman–Crippen LogP) is 2.59. The van der Waals surface area contributed by atoms with Crippen LogP contribution >= 0.6 is 23.4 Å². The number of halogens is 1. The Morgan fingerprint density at radius 3 is 2.87 bits per heavy atom. The van der Waals surface area contributed by atoms with E-state index in [4.69, 9.17) is 16.9 Å². The van der Waals surface area contributed by atoms with Crippen molar-refractivity contribution in [1.29, 1.82) is 5.26 Å². The summed E-state index contributed by atoms with van der Waals surface area (Å²) in [5.41, 5.74) is 0.464. The maximum absolute atomic E-state index is 11.9. The van der Waals surface area contributed by atoms with Gasteiger partial charge in [0.25, 0.3) is 5.56 Å².